The Morgan fingerprint density at radius 1 is 1.07 bits per heavy atom. The van der Waals surface area contributed by atoms with Gasteiger partial charge < -0.3 is 11.1 Å². The lowest BCUT2D eigenvalue weighted by Gasteiger charge is -2.04. The first-order chi connectivity index (χ1) is 7.34. The van der Waals surface area contributed by atoms with E-state index in [2.05, 4.69) is 27.4 Å². The van der Waals surface area contributed by atoms with E-state index < -0.39 is 0 Å². The quantitative estimate of drug-likeness (QED) is 0.791. The van der Waals surface area contributed by atoms with Gasteiger partial charge in [-0.2, -0.15) is 0 Å². The SMILES string of the molecule is Nc1cnc(NCc2ccccc2)cn1. The fraction of sp³-hybridized carbons (Fsp3) is 0.0909. The molecule has 3 N–H and O–H groups in total. The van der Waals surface area contributed by atoms with Crippen LogP contribution in [0.15, 0.2) is 42.7 Å². The van der Waals surface area contributed by atoms with Gasteiger partial charge >= 0.3 is 0 Å². The molecule has 2 aromatic rings. The monoisotopic (exact) mass is 200 g/mol. The number of nitrogens with one attached hydrogen (secondary N) is 1. The van der Waals surface area contributed by atoms with E-state index in [0.717, 1.165) is 12.4 Å². The molecule has 0 bridgehead atoms. The Hall–Kier alpha value is -2.10. The van der Waals surface area contributed by atoms with Crippen molar-refractivity contribution in [1.82, 2.24) is 9.97 Å². The van der Waals surface area contributed by atoms with Crippen LogP contribution < -0.4 is 11.1 Å². The Labute approximate surface area is 88.2 Å². The zero-order chi connectivity index (χ0) is 10.5. The second-order valence-corrected chi connectivity index (χ2v) is 3.17. The fourth-order valence-electron chi connectivity index (χ4n) is 1.22. The Kier molecular flexibility index (Phi) is 2.78. The molecule has 1 aromatic heterocycles. The van der Waals surface area contributed by atoms with Crippen LogP contribution in [0, 0.1) is 0 Å². The van der Waals surface area contributed by atoms with Crippen LogP contribution in [0.2, 0.25) is 0 Å². The Morgan fingerprint density at radius 2 is 1.87 bits per heavy atom. The van der Waals surface area contributed by atoms with Crippen LogP contribution in [0.3, 0.4) is 0 Å². The second kappa shape index (κ2) is 4.41. The molecule has 76 valence electrons. The highest BCUT2D eigenvalue weighted by Gasteiger charge is 1.94. The maximum atomic E-state index is 5.43. The smallest absolute Gasteiger partial charge is 0.144 e. The molecule has 2 rings (SSSR count). The minimum absolute atomic E-state index is 0.431. The van der Waals surface area contributed by atoms with Crippen LogP contribution in [-0.2, 0) is 6.54 Å². The lowest BCUT2D eigenvalue weighted by molar-refractivity contribution is 1.09. The largest absolute Gasteiger partial charge is 0.382 e. The topological polar surface area (TPSA) is 63.8 Å². The molecule has 0 aliphatic carbocycles. The maximum Gasteiger partial charge on any atom is 0.144 e. The van der Waals surface area contributed by atoms with Crippen molar-refractivity contribution in [2.45, 2.75) is 6.54 Å². The number of hydrogen-bond acceptors (Lipinski definition) is 4. The van der Waals surface area contributed by atoms with Gasteiger partial charge in [0.15, 0.2) is 0 Å². The third-order valence-corrected chi connectivity index (χ3v) is 1.99. The van der Waals surface area contributed by atoms with Crippen molar-refractivity contribution in [3.63, 3.8) is 0 Å². The number of hydrogen-bond donors (Lipinski definition) is 2. The first-order valence-corrected chi connectivity index (χ1v) is 4.70. The number of benzene rings is 1. The van der Waals surface area contributed by atoms with E-state index in [9.17, 15) is 0 Å². The molecule has 0 saturated heterocycles. The van der Waals surface area contributed by atoms with Crippen molar-refractivity contribution < 1.29 is 0 Å². The average Bonchev–Trinajstić information content (AvgIpc) is 2.30. The van der Waals surface area contributed by atoms with Gasteiger partial charge in [0.2, 0.25) is 0 Å². The zero-order valence-corrected chi connectivity index (χ0v) is 8.22. The summed E-state index contributed by atoms with van der Waals surface area (Å²) in [5.74, 6) is 1.16. The molecule has 0 radical (unpaired) electrons. The number of aromatic nitrogens is 2. The van der Waals surface area contributed by atoms with E-state index in [-0.39, 0.29) is 0 Å². The van der Waals surface area contributed by atoms with Gasteiger partial charge in [0.25, 0.3) is 0 Å². The van der Waals surface area contributed by atoms with Gasteiger partial charge in [0.1, 0.15) is 11.6 Å². The van der Waals surface area contributed by atoms with Crippen LogP contribution in [0.1, 0.15) is 5.56 Å². The summed E-state index contributed by atoms with van der Waals surface area (Å²) in [7, 11) is 0. The van der Waals surface area contributed by atoms with Gasteiger partial charge in [-0.3, -0.25) is 0 Å². The fourth-order valence-corrected chi connectivity index (χ4v) is 1.22. The van der Waals surface area contributed by atoms with Crippen LogP contribution in [-0.4, -0.2) is 9.97 Å². The van der Waals surface area contributed by atoms with E-state index in [0.29, 0.717) is 5.82 Å². The van der Waals surface area contributed by atoms with Crippen molar-refractivity contribution in [3.8, 4) is 0 Å². The van der Waals surface area contributed by atoms with Crippen molar-refractivity contribution in [2.75, 3.05) is 11.1 Å². The highest BCUT2D eigenvalue weighted by atomic mass is 15.0. The highest BCUT2D eigenvalue weighted by molar-refractivity contribution is 5.36. The molecule has 0 spiro atoms. The van der Waals surface area contributed by atoms with Gasteiger partial charge in [0.05, 0.1) is 12.4 Å². The molecule has 0 aliphatic heterocycles. The number of nitrogens with two attached hydrogens (primary N) is 1. The van der Waals surface area contributed by atoms with E-state index in [1.165, 1.54) is 11.8 Å². The van der Waals surface area contributed by atoms with E-state index >= 15 is 0 Å². The van der Waals surface area contributed by atoms with Crippen molar-refractivity contribution in [3.05, 3.63) is 48.3 Å². The van der Waals surface area contributed by atoms with E-state index in [1.54, 1.807) is 6.20 Å². The Bertz CT molecular complexity index is 410. The minimum atomic E-state index is 0.431. The van der Waals surface area contributed by atoms with Crippen molar-refractivity contribution in [1.29, 1.82) is 0 Å². The summed E-state index contributed by atoms with van der Waals surface area (Å²) in [6.07, 6.45) is 3.16. The number of nitrogens with zero attached hydrogens (tertiary/aromatic N) is 2. The summed E-state index contributed by atoms with van der Waals surface area (Å²) in [5.41, 5.74) is 6.64. The van der Waals surface area contributed by atoms with Gasteiger partial charge in [-0.15, -0.1) is 0 Å². The molecule has 1 heterocycles. The van der Waals surface area contributed by atoms with Gasteiger partial charge in [-0.05, 0) is 5.56 Å². The number of nitrogen functional groups attached to an aromatic ring is 1. The summed E-state index contributed by atoms with van der Waals surface area (Å²) in [6, 6.07) is 10.1. The highest BCUT2D eigenvalue weighted by Crippen LogP contribution is 2.05. The molecule has 0 fully saturated rings. The molecular weight excluding hydrogens is 188 g/mol. The minimum Gasteiger partial charge on any atom is -0.382 e. The molecule has 0 aliphatic rings. The van der Waals surface area contributed by atoms with Crippen LogP contribution in [0.5, 0.6) is 0 Å². The molecule has 0 atom stereocenters. The molecular formula is C11H12N4. The molecule has 0 amide bonds. The molecule has 0 saturated carbocycles. The average molecular weight is 200 g/mol. The summed E-state index contributed by atoms with van der Waals surface area (Å²) >= 11 is 0. The molecule has 4 nitrogen and oxygen atoms in total. The first-order valence-electron chi connectivity index (χ1n) is 4.70. The predicted molar refractivity (Wildman–Crippen MR) is 60.2 cm³/mol. The maximum absolute atomic E-state index is 5.43. The first kappa shape index (κ1) is 9.45. The third-order valence-electron chi connectivity index (χ3n) is 1.99. The standard InChI is InChI=1S/C11H12N4/c12-10-7-15-11(8-13-10)14-6-9-4-2-1-3-5-9/h1-5,7-8H,6H2,(H2,12,13)(H,14,15). The molecule has 15 heavy (non-hydrogen) atoms. The molecule has 0 unspecified atom stereocenters. The number of anilines is 2. The lowest BCUT2D eigenvalue weighted by atomic mass is 10.2. The van der Waals surface area contributed by atoms with E-state index in [1.807, 2.05) is 18.2 Å². The van der Waals surface area contributed by atoms with Crippen LogP contribution >= 0.6 is 0 Å². The van der Waals surface area contributed by atoms with Gasteiger partial charge in [-0.1, -0.05) is 30.3 Å². The second-order valence-electron chi connectivity index (χ2n) is 3.17. The number of rotatable bonds is 3. The summed E-state index contributed by atoms with van der Waals surface area (Å²) in [4.78, 5) is 8.04. The summed E-state index contributed by atoms with van der Waals surface area (Å²) < 4.78 is 0. The summed E-state index contributed by atoms with van der Waals surface area (Å²) in [5, 5.41) is 3.16. The van der Waals surface area contributed by atoms with Gasteiger partial charge in [0, 0.05) is 6.54 Å². The zero-order valence-electron chi connectivity index (χ0n) is 8.22. The van der Waals surface area contributed by atoms with Gasteiger partial charge in [-0.25, -0.2) is 9.97 Å². The molecule has 4 heteroatoms. The Morgan fingerprint density at radius 3 is 2.53 bits per heavy atom. The van der Waals surface area contributed by atoms with Crippen molar-refractivity contribution >= 4 is 11.6 Å². The van der Waals surface area contributed by atoms with Crippen LogP contribution in [0.25, 0.3) is 0 Å². The predicted octanol–water partition coefficient (Wildman–Crippen LogP) is 1.67. The summed E-state index contributed by atoms with van der Waals surface area (Å²) in [6.45, 7) is 0.736. The van der Waals surface area contributed by atoms with Crippen molar-refractivity contribution in [2.24, 2.45) is 0 Å². The van der Waals surface area contributed by atoms with E-state index in [4.69, 9.17) is 5.73 Å². The van der Waals surface area contributed by atoms with Crippen LogP contribution in [0.4, 0.5) is 11.6 Å². The third kappa shape index (κ3) is 2.67. The molecule has 1 aromatic carbocycles. The lowest BCUT2D eigenvalue weighted by Crippen LogP contribution is -2.02. The Balaban J connectivity index is 1.96. The normalized spacial score (nSPS) is 9.87.